The first-order valence-corrected chi connectivity index (χ1v) is 7.22. The summed E-state index contributed by atoms with van der Waals surface area (Å²) in [6.07, 6.45) is 1.74. The van der Waals surface area contributed by atoms with Crippen LogP contribution < -0.4 is 10.1 Å². The summed E-state index contributed by atoms with van der Waals surface area (Å²) in [7, 11) is 1.64. The van der Waals surface area contributed by atoms with Crippen molar-refractivity contribution < 1.29 is 9.15 Å². The minimum Gasteiger partial charge on any atom is -0.496 e. The molecule has 0 fully saturated rings. The molecule has 0 saturated heterocycles. The van der Waals surface area contributed by atoms with Gasteiger partial charge in [-0.05, 0) is 54.9 Å². The number of ether oxygens (including phenoxy) is 1. The third-order valence-corrected chi connectivity index (χ3v) is 3.38. The Balaban J connectivity index is 2.14. The van der Waals surface area contributed by atoms with E-state index in [4.69, 9.17) is 9.15 Å². The Kier molecular flexibility index (Phi) is 4.50. The van der Waals surface area contributed by atoms with Gasteiger partial charge in [0.15, 0.2) is 5.76 Å². The van der Waals surface area contributed by atoms with Crippen LogP contribution in [0.15, 0.2) is 33.3 Å². The number of methoxy groups -OCH3 is 1. The van der Waals surface area contributed by atoms with E-state index in [2.05, 4.69) is 47.0 Å². The van der Waals surface area contributed by atoms with Crippen LogP contribution >= 0.6 is 15.9 Å². The summed E-state index contributed by atoms with van der Waals surface area (Å²) in [4.78, 5) is 4.29. The molecule has 1 aromatic heterocycles. The van der Waals surface area contributed by atoms with Gasteiger partial charge in [-0.3, -0.25) is 0 Å². The molecule has 0 spiro atoms. The third kappa shape index (κ3) is 3.84. The molecule has 0 saturated carbocycles. The molecular formula is C15H19BrN2O2. The minimum absolute atomic E-state index is 0.0395. The van der Waals surface area contributed by atoms with Crippen molar-refractivity contribution in [2.24, 2.45) is 0 Å². The van der Waals surface area contributed by atoms with E-state index >= 15 is 0 Å². The summed E-state index contributed by atoms with van der Waals surface area (Å²) in [5.41, 5.74) is 1.00. The van der Waals surface area contributed by atoms with E-state index in [1.165, 1.54) is 0 Å². The summed E-state index contributed by atoms with van der Waals surface area (Å²) in [6, 6.07) is 5.81. The molecule has 2 rings (SSSR count). The van der Waals surface area contributed by atoms with Crippen molar-refractivity contribution in [3.8, 4) is 17.1 Å². The predicted octanol–water partition coefficient (Wildman–Crippen LogP) is 4.00. The van der Waals surface area contributed by atoms with Crippen LogP contribution in [0.5, 0.6) is 5.75 Å². The smallest absolute Gasteiger partial charge is 0.208 e. The minimum atomic E-state index is 0.0395. The normalized spacial score (nSPS) is 11.7. The topological polar surface area (TPSA) is 47.3 Å². The Labute approximate surface area is 127 Å². The molecule has 0 radical (unpaired) electrons. The number of oxazole rings is 1. The van der Waals surface area contributed by atoms with Crippen LogP contribution in [-0.4, -0.2) is 17.6 Å². The van der Waals surface area contributed by atoms with Gasteiger partial charge in [0.25, 0.3) is 0 Å². The zero-order valence-electron chi connectivity index (χ0n) is 12.2. The average molecular weight is 339 g/mol. The van der Waals surface area contributed by atoms with Crippen molar-refractivity contribution in [1.29, 1.82) is 0 Å². The maximum Gasteiger partial charge on any atom is 0.208 e. The van der Waals surface area contributed by atoms with Gasteiger partial charge < -0.3 is 14.5 Å². The van der Waals surface area contributed by atoms with Crippen molar-refractivity contribution in [3.63, 3.8) is 0 Å². The number of halogens is 1. The summed E-state index contributed by atoms with van der Waals surface area (Å²) < 4.78 is 11.9. The number of benzene rings is 1. The summed E-state index contributed by atoms with van der Waals surface area (Å²) in [6.45, 7) is 6.94. The first kappa shape index (κ1) is 15.1. The van der Waals surface area contributed by atoms with Crippen molar-refractivity contribution in [2.75, 3.05) is 7.11 Å². The van der Waals surface area contributed by atoms with Gasteiger partial charge in [-0.25, -0.2) is 4.98 Å². The first-order chi connectivity index (χ1) is 9.39. The van der Waals surface area contributed by atoms with Crippen LogP contribution in [0.25, 0.3) is 11.3 Å². The van der Waals surface area contributed by atoms with Crippen LogP contribution in [0.4, 0.5) is 0 Å². The highest BCUT2D eigenvalue weighted by atomic mass is 79.9. The van der Waals surface area contributed by atoms with Crippen molar-refractivity contribution in [3.05, 3.63) is 34.8 Å². The van der Waals surface area contributed by atoms with Crippen LogP contribution in [-0.2, 0) is 6.54 Å². The Hall–Kier alpha value is -1.33. The van der Waals surface area contributed by atoms with Crippen LogP contribution in [0.1, 0.15) is 26.7 Å². The molecule has 0 amide bonds. The highest BCUT2D eigenvalue weighted by molar-refractivity contribution is 9.10. The van der Waals surface area contributed by atoms with E-state index in [0.717, 1.165) is 21.5 Å². The zero-order chi connectivity index (χ0) is 14.8. The monoisotopic (exact) mass is 338 g/mol. The highest BCUT2D eigenvalue weighted by Crippen LogP contribution is 2.30. The Bertz CT molecular complexity index is 588. The fourth-order valence-electron chi connectivity index (χ4n) is 1.69. The zero-order valence-corrected chi connectivity index (χ0v) is 13.7. The van der Waals surface area contributed by atoms with E-state index in [-0.39, 0.29) is 5.54 Å². The fourth-order valence-corrected chi connectivity index (χ4v) is 2.23. The Morgan fingerprint density at radius 3 is 2.70 bits per heavy atom. The summed E-state index contributed by atoms with van der Waals surface area (Å²) in [5, 5.41) is 3.35. The van der Waals surface area contributed by atoms with Crippen LogP contribution in [0.3, 0.4) is 0 Å². The van der Waals surface area contributed by atoms with E-state index in [9.17, 15) is 0 Å². The third-order valence-electron chi connectivity index (χ3n) is 2.76. The Morgan fingerprint density at radius 1 is 1.35 bits per heavy atom. The molecule has 20 heavy (non-hydrogen) atoms. The van der Waals surface area contributed by atoms with E-state index in [1.807, 2.05) is 18.2 Å². The van der Waals surface area contributed by atoms with Gasteiger partial charge in [0.1, 0.15) is 5.75 Å². The van der Waals surface area contributed by atoms with Gasteiger partial charge in [0, 0.05) is 11.1 Å². The average Bonchev–Trinajstić information content (AvgIpc) is 2.84. The SMILES string of the molecule is COc1ccc(-c2cnc(CNC(C)(C)C)o2)cc1Br. The molecule has 108 valence electrons. The lowest BCUT2D eigenvalue weighted by Gasteiger charge is -2.18. The molecule has 0 bridgehead atoms. The van der Waals surface area contributed by atoms with Gasteiger partial charge in [0.05, 0.1) is 24.3 Å². The summed E-state index contributed by atoms with van der Waals surface area (Å²) >= 11 is 3.47. The van der Waals surface area contributed by atoms with Crippen LogP contribution in [0, 0.1) is 0 Å². The molecule has 0 unspecified atom stereocenters. The maximum absolute atomic E-state index is 5.76. The molecule has 1 N–H and O–H groups in total. The Morgan fingerprint density at radius 2 is 2.10 bits per heavy atom. The van der Waals surface area contributed by atoms with Gasteiger partial charge in [-0.15, -0.1) is 0 Å². The number of aromatic nitrogens is 1. The first-order valence-electron chi connectivity index (χ1n) is 6.43. The lowest BCUT2D eigenvalue weighted by atomic mass is 10.1. The quantitative estimate of drug-likeness (QED) is 0.915. The maximum atomic E-state index is 5.76. The molecule has 2 aromatic rings. The molecule has 0 atom stereocenters. The largest absolute Gasteiger partial charge is 0.496 e. The van der Waals surface area contributed by atoms with E-state index < -0.39 is 0 Å². The van der Waals surface area contributed by atoms with Gasteiger partial charge in [-0.2, -0.15) is 0 Å². The second-order valence-corrected chi connectivity index (χ2v) is 6.43. The number of hydrogen-bond donors (Lipinski definition) is 1. The molecule has 4 nitrogen and oxygen atoms in total. The number of rotatable bonds is 4. The lowest BCUT2D eigenvalue weighted by molar-refractivity contribution is 0.383. The molecule has 0 aliphatic heterocycles. The molecule has 1 heterocycles. The molecule has 0 aliphatic carbocycles. The van der Waals surface area contributed by atoms with Crippen molar-refractivity contribution in [2.45, 2.75) is 32.9 Å². The molecular weight excluding hydrogens is 320 g/mol. The summed E-state index contributed by atoms with van der Waals surface area (Å²) in [5.74, 6) is 2.23. The van der Waals surface area contributed by atoms with Gasteiger partial charge in [-0.1, -0.05) is 0 Å². The van der Waals surface area contributed by atoms with E-state index in [1.54, 1.807) is 13.3 Å². The number of nitrogens with zero attached hydrogens (tertiary/aromatic N) is 1. The second-order valence-electron chi connectivity index (χ2n) is 5.57. The molecule has 0 aliphatic rings. The van der Waals surface area contributed by atoms with Gasteiger partial charge >= 0.3 is 0 Å². The highest BCUT2D eigenvalue weighted by Gasteiger charge is 2.12. The van der Waals surface area contributed by atoms with Crippen molar-refractivity contribution >= 4 is 15.9 Å². The second kappa shape index (κ2) is 5.97. The number of hydrogen-bond acceptors (Lipinski definition) is 4. The molecule has 5 heteroatoms. The lowest BCUT2D eigenvalue weighted by Crippen LogP contribution is -2.35. The standard InChI is InChI=1S/C15H19BrN2O2/c1-15(2,3)18-9-14-17-8-13(20-14)10-5-6-12(19-4)11(16)7-10/h5-8,18H,9H2,1-4H3. The van der Waals surface area contributed by atoms with E-state index in [0.29, 0.717) is 12.4 Å². The predicted molar refractivity (Wildman–Crippen MR) is 82.8 cm³/mol. The van der Waals surface area contributed by atoms with Gasteiger partial charge in [0.2, 0.25) is 5.89 Å². The van der Waals surface area contributed by atoms with Crippen LogP contribution in [0.2, 0.25) is 0 Å². The number of nitrogens with one attached hydrogen (secondary N) is 1. The molecule has 1 aromatic carbocycles. The fraction of sp³-hybridized carbons (Fsp3) is 0.400. The van der Waals surface area contributed by atoms with Crippen molar-refractivity contribution in [1.82, 2.24) is 10.3 Å².